The summed E-state index contributed by atoms with van der Waals surface area (Å²) in [5.41, 5.74) is 14.0. The van der Waals surface area contributed by atoms with Crippen LogP contribution in [0.1, 0.15) is 36.1 Å². The molecule has 0 radical (unpaired) electrons. The molecule has 0 unspecified atom stereocenters. The van der Waals surface area contributed by atoms with Gasteiger partial charge in [-0.3, -0.25) is 0 Å². The Morgan fingerprint density at radius 3 is 1.77 bits per heavy atom. The Bertz CT molecular complexity index is 1910. The van der Waals surface area contributed by atoms with Gasteiger partial charge in [0.15, 0.2) is 0 Å². The maximum Gasteiger partial charge on any atom is 0.0468 e. The van der Waals surface area contributed by atoms with Gasteiger partial charge in [0.2, 0.25) is 0 Å². The normalized spacial score (nSPS) is 13.2. The molecule has 7 rings (SSSR count). The molecule has 6 aromatic rings. The van der Waals surface area contributed by atoms with E-state index >= 15 is 0 Å². The summed E-state index contributed by atoms with van der Waals surface area (Å²) in [6, 6.07) is 46.9. The number of hydrogen-bond donors (Lipinski definition) is 0. The van der Waals surface area contributed by atoms with Gasteiger partial charge in [-0.25, -0.2) is 0 Å². The Morgan fingerprint density at radius 1 is 0.425 bits per heavy atom. The Hall–Kier alpha value is -4.62. The number of fused-ring (bicyclic) bond motifs is 4. The fourth-order valence-electron chi connectivity index (χ4n) is 6.52. The predicted octanol–water partition coefficient (Wildman–Crippen LogP) is 10.9. The number of rotatable bonds is 4. The molecular formula is C39H33N. The summed E-state index contributed by atoms with van der Waals surface area (Å²) in [5, 5.41) is 2.49. The van der Waals surface area contributed by atoms with Crippen molar-refractivity contribution in [2.45, 2.75) is 33.1 Å². The molecule has 1 nitrogen and oxygen atoms in total. The van der Waals surface area contributed by atoms with Crippen LogP contribution < -0.4 is 4.90 Å². The molecule has 6 aromatic carbocycles. The SMILES string of the molecule is Cc1ccccc1-c1cc(N(c2ccc3c(c2)-c2ccccc2C3(C)C)c2ccc3ccccc3c2)ccc1C. The summed E-state index contributed by atoms with van der Waals surface area (Å²) in [6.07, 6.45) is 0. The highest BCUT2D eigenvalue weighted by atomic mass is 15.1. The zero-order valence-corrected chi connectivity index (χ0v) is 23.6. The maximum absolute atomic E-state index is 2.42. The molecule has 0 atom stereocenters. The van der Waals surface area contributed by atoms with Gasteiger partial charge in [0.05, 0.1) is 0 Å². The molecule has 0 heterocycles. The third kappa shape index (κ3) is 3.85. The van der Waals surface area contributed by atoms with Gasteiger partial charge in [-0.1, -0.05) is 105 Å². The molecule has 0 amide bonds. The molecule has 40 heavy (non-hydrogen) atoms. The van der Waals surface area contributed by atoms with E-state index in [1.54, 1.807) is 0 Å². The molecule has 0 aliphatic heterocycles. The van der Waals surface area contributed by atoms with Crippen LogP contribution in [0.25, 0.3) is 33.0 Å². The van der Waals surface area contributed by atoms with Gasteiger partial charge < -0.3 is 4.90 Å². The predicted molar refractivity (Wildman–Crippen MR) is 171 cm³/mol. The number of hydrogen-bond acceptors (Lipinski definition) is 1. The molecule has 0 bridgehead atoms. The first-order valence-corrected chi connectivity index (χ1v) is 14.1. The van der Waals surface area contributed by atoms with Crippen LogP contribution in [-0.4, -0.2) is 0 Å². The van der Waals surface area contributed by atoms with Crippen molar-refractivity contribution >= 4 is 27.8 Å². The topological polar surface area (TPSA) is 3.24 Å². The second-order valence-corrected chi connectivity index (χ2v) is 11.6. The zero-order valence-electron chi connectivity index (χ0n) is 23.6. The third-order valence-electron chi connectivity index (χ3n) is 8.73. The molecule has 194 valence electrons. The zero-order chi connectivity index (χ0) is 27.4. The summed E-state index contributed by atoms with van der Waals surface area (Å²) < 4.78 is 0. The third-order valence-corrected chi connectivity index (χ3v) is 8.73. The van der Waals surface area contributed by atoms with Crippen LogP contribution >= 0.6 is 0 Å². The largest absolute Gasteiger partial charge is 0.310 e. The number of nitrogens with zero attached hydrogens (tertiary/aromatic N) is 1. The van der Waals surface area contributed by atoms with Crippen molar-refractivity contribution in [3.8, 4) is 22.3 Å². The molecule has 0 saturated heterocycles. The minimum atomic E-state index is -0.0138. The first-order valence-electron chi connectivity index (χ1n) is 14.1. The second kappa shape index (κ2) is 9.24. The van der Waals surface area contributed by atoms with E-state index in [0.29, 0.717) is 0 Å². The van der Waals surface area contributed by atoms with Crippen LogP contribution in [0, 0.1) is 13.8 Å². The van der Waals surface area contributed by atoms with Gasteiger partial charge in [0.1, 0.15) is 0 Å². The molecule has 0 saturated carbocycles. The van der Waals surface area contributed by atoms with Crippen LogP contribution in [0.3, 0.4) is 0 Å². The van der Waals surface area contributed by atoms with Crippen molar-refractivity contribution in [1.29, 1.82) is 0 Å². The minimum Gasteiger partial charge on any atom is -0.310 e. The van der Waals surface area contributed by atoms with Crippen molar-refractivity contribution in [3.63, 3.8) is 0 Å². The fraction of sp³-hybridized carbons (Fsp3) is 0.128. The van der Waals surface area contributed by atoms with Gasteiger partial charge in [-0.15, -0.1) is 0 Å². The van der Waals surface area contributed by atoms with Gasteiger partial charge in [0.25, 0.3) is 0 Å². The standard InChI is InChI=1S/C39H33N/c1-26-11-5-8-14-33(26)35-24-31(19-17-27(35)2)40(30-20-18-28-12-6-7-13-29(28)23-30)32-21-22-38-36(25-32)34-15-9-10-16-37(34)39(38,3)4/h5-25H,1-4H3. The summed E-state index contributed by atoms with van der Waals surface area (Å²) in [4.78, 5) is 2.42. The van der Waals surface area contributed by atoms with Crippen LogP contribution in [0.2, 0.25) is 0 Å². The van der Waals surface area contributed by atoms with Crippen LogP contribution in [0.5, 0.6) is 0 Å². The average molecular weight is 516 g/mol. The van der Waals surface area contributed by atoms with E-state index in [1.807, 2.05) is 0 Å². The quantitative estimate of drug-likeness (QED) is 0.226. The fourth-order valence-corrected chi connectivity index (χ4v) is 6.52. The first-order chi connectivity index (χ1) is 19.4. The van der Waals surface area contributed by atoms with Crippen LogP contribution in [0.15, 0.2) is 127 Å². The Balaban J connectivity index is 1.46. The first kappa shape index (κ1) is 24.4. The van der Waals surface area contributed by atoms with Gasteiger partial charge in [-0.2, -0.15) is 0 Å². The molecular weight excluding hydrogens is 482 g/mol. The van der Waals surface area contributed by atoms with Gasteiger partial charge >= 0.3 is 0 Å². The van der Waals surface area contributed by atoms with Crippen LogP contribution in [0.4, 0.5) is 17.1 Å². The van der Waals surface area contributed by atoms with E-state index in [4.69, 9.17) is 0 Å². The van der Waals surface area contributed by atoms with Gasteiger partial charge in [0, 0.05) is 22.5 Å². The van der Waals surface area contributed by atoms with Gasteiger partial charge in [-0.05, 0) is 106 Å². The van der Waals surface area contributed by atoms with Crippen molar-refractivity contribution in [3.05, 3.63) is 150 Å². The van der Waals surface area contributed by atoms with E-state index < -0.39 is 0 Å². The highest BCUT2D eigenvalue weighted by molar-refractivity contribution is 5.92. The number of anilines is 3. The average Bonchev–Trinajstić information content (AvgIpc) is 3.20. The van der Waals surface area contributed by atoms with Crippen LogP contribution in [-0.2, 0) is 5.41 Å². The highest BCUT2D eigenvalue weighted by Gasteiger charge is 2.35. The lowest BCUT2D eigenvalue weighted by Crippen LogP contribution is -2.15. The number of benzene rings is 6. The Morgan fingerprint density at radius 2 is 0.975 bits per heavy atom. The summed E-state index contributed by atoms with van der Waals surface area (Å²) in [6.45, 7) is 9.09. The molecule has 0 fully saturated rings. The van der Waals surface area contributed by atoms with Crippen molar-refractivity contribution in [1.82, 2.24) is 0 Å². The molecule has 1 aliphatic carbocycles. The van der Waals surface area contributed by atoms with Crippen molar-refractivity contribution in [2.24, 2.45) is 0 Å². The lowest BCUT2D eigenvalue weighted by molar-refractivity contribution is 0.660. The number of aryl methyl sites for hydroxylation is 2. The van der Waals surface area contributed by atoms with E-state index in [0.717, 1.165) is 11.4 Å². The molecule has 1 aliphatic rings. The molecule has 0 aromatic heterocycles. The van der Waals surface area contributed by atoms with Crippen molar-refractivity contribution in [2.75, 3.05) is 4.90 Å². The van der Waals surface area contributed by atoms with E-state index in [9.17, 15) is 0 Å². The smallest absolute Gasteiger partial charge is 0.0468 e. The second-order valence-electron chi connectivity index (χ2n) is 11.6. The summed E-state index contributed by atoms with van der Waals surface area (Å²) >= 11 is 0. The minimum absolute atomic E-state index is 0.0138. The van der Waals surface area contributed by atoms with Crippen molar-refractivity contribution < 1.29 is 0 Å². The Kier molecular flexibility index (Phi) is 5.64. The lowest BCUT2D eigenvalue weighted by Gasteiger charge is -2.28. The van der Waals surface area contributed by atoms with E-state index in [2.05, 4.69) is 160 Å². The maximum atomic E-state index is 2.42. The summed E-state index contributed by atoms with van der Waals surface area (Å²) in [7, 11) is 0. The van der Waals surface area contributed by atoms with E-state index in [-0.39, 0.29) is 5.41 Å². The highest BCUT2D eigenvalue weighted by Crippen LogP contribution is 2.50. The molecule has 1 heteroatoms. The molecule has 0 spiro atoms. The Labute approximate surface area is 237 Å². The monoisotopic (exact) mass is 515 g/mol. The molecule has 0 N–H and O–H groups in total. The summed E-state index contributed by atoms with van der Waals surface area (Å²) in [5.74, 6) is 0. The van der Waals surface area contributed by atoms with E-state index in [1.165, 1.54) is 61.0 Å². The lowest BCUT2D eigenvalue weighted by atomic mass is 9.82.